The number of halogens is 5. The van der Waals surface area contributed by atoms with Gasteiger partial charge in [-0.15, -0.1) is 12.0 Å². The lowest BCUT2D eigenvalue weighted by molar-refractivity contribution is -0.195. The summed E-state index contributed by atoms with van der Waals surface area (Å²) in [6.45, 7) is 8.26. The summed E-state index contributed by atoms with van der Waals surface area (Å²) < 4.78 is 70.8. The van der Waals surface area contributed by atoms with Gasteiger partial charge >= 0.3 is 6.18 Å². The van der Waals surface area contributed by atoms with Gasteiger partial charge < -0.3 is 16.1 Å². The van der Waals surface area contributed by atoms with E-state index in [0.717, 1.165) is 11.1 Å². The van der Waals surface area contributed by atoms with Crippen LogP contribution >= 0.6 is 0 Å². The number of aryl methyl sites for hydroxylation is 1. The van der Waals surface area contributed by atoms with Gasteiger partial charge in [0.05, 0.1) is 23.0 Å². The minimum absolute atomic E-state index is 0.0606. The van der Waals surface area contributed by atoms with Crippen molar-refractivity contribution in [2.24, 2.45) is 5.41 Å². The Morgan fingerprint density at radius 3 is 2.51 bits per heavy atom. The molecule has 0 unspecified atom stereocenters. The summed E-state index contributed by atoms with van der Waals surface area (Å²) in [6, 6.07) is 4.72. The number of hydrogen-bond donors (Lipinski definition) is 4. The molecule has 0 saturated heterocycles. The second-order valence-electron chi connectivity index (χ2n) is 11.6. The van der Waals surface area contributed by atoms with Crippen LogP contribution in [0.15, 0.2) is 42.4 Å². The van der Waals surface area contributed by atoms with Crippen molar-refractivity contribution in [3.05, 3.63) is 70.9 Å². The van der Waals surface area contributed by atoms with Crippen LogP contribution in [0.2, 0.25) is 0 Å². The lowest BCUT2D eigenvalue weighted by Crippen LogP contribution is -2.52. The Morgan fingerprint density at radius 1 is 1.17 bits per heavy atom. The number of nitrogens with one attached hydrogen (secondary N) is 4. The Labute approximate surface area is 234 Å². The van der Waals surface area contributed by atoms with Crippen LogP contribution in [0.1, 0.15) is 56.5 Å². The summed E-state index contributed by atoms with van der Waals surface area (Å²) in [5, 5.41) is 7.97. The molecule has 41 heavy (non-hydrogen) atoms. The Bertz CT molecular complexity index is 1560. The van der Waals surface area contributed by atoms with E-state index in [9.17, 15) is 17.6 Å². The molecule has 216 valence electrons. The number of hydrogen-bond acceptors (Lipinski definition) is 7. The minimum Gasteiger partial charge on any atom is -0.383 e. The van der Waals surface area contributed by atoms with E-state index in [-0.39, 0.29) is 23.8 Å². The molecule has 2 aromatic heterocycles. The van der Waals surface area contributed by atoms with Crippen molar-refractivity contribution < 1.29 is 22.0 Å². The normalized spacial score (nSPS) is 17.1. The number of terminal acetylenes is 1. The molecule has 1 aliphatic carbocycles. The molecule has 0 radical (unpaired) electrons. The standard InChI is InChI=1S/C29H30F5N7/c1-6-17-13-35-25-20(24(17)36-15-27(3,4)5)11-18(12-21(25)30)38-26(19-7-8-23(31)37-16(19)2)22-14-41(40-39-22)28(9-10-28)29(32,33)34/h1,7-8,11-14,26,38-40H,9-10,15H2,2-5H3,(H,35,36)/t26-/m0/s1. The SMILES string of the molecule is C#Cc1cnc2c(F)cc(N[C@H](C3=CN(C4(C(F)(F)F)CC4)NN3)c3ccc(F)nc3C)cc2c1NCC(C)(C)C. The van der Waals surface area contributed by atoms with Crippen LogP contribution in [-0.4, -0.2) is 33.2 Å². The fourth-order valence-electron chi connectivity index (χ4n) is 4.82. The molecule has 1 aromatic carbocycles. The highest BCUT2D eigenvalue weighted by Crippen LogP contribution is 2.53. The highest BCUT2D eigenvalue weighted by atomic mass is 19.4. The maximum absolute atomic E-state index is 15.4. The fraction of sp³-hybridized carbons (Fsp3) is 0.379. The number of pyridine rings is 2. The predicted octanol–water partition coefficient (Wildman–Crippen LogP) is 6.07. The predicted molar refractivity (Wildman–Crippen MR) is 147 cm³/mol. The van der Waals surface area contributed by atoms with Crippen molar-refractivity contribution in [1.82, 2.24) is 25.9 Å². The van der Waals surface area contributed by atoms with E-state index in [1.54, 1.807) is 13.0 Å². The van der Waals surface area contributed by atoms with Crippen molar-refractivity contribution in [3.63, 3.8) is 0 Å². The van der Waals surface area contributed by atoms with E-state index in [2.05, 4.69) is 37.5 Å². The topological polar surface area (TPSA) is 77.1 Å². The molecule has 4 N–H and O–H groups in total. The second kappa shape index (κ2) is 10.1. The third-order valence-corrected chi connectivity index (χ3v) is 7.20. The molecule has 7 nitrogen and oxygen atoms in total. The number of alkyl halides is 3. The van der Waals surface area contributed by atoms with Gasteiger partial charge in [0.15, 0.2) is 11.4 Å². The Kier molecular flexibility index (Phi) is 6.98. The molecule has 3 aromatic rings. The van der Waals surface area contributed by atoms with Gasteiger partial charge in [0, 0.05) is 41.3 Å². The zero-order valence-electron chi connectivity index (χ0n) is 23.0. The maximum Gasteiger partial charge on any atom is 0.413 e. The molecule has 0 spiro atoms. The lowest BCUT2D eigenvalue weighted by Gasteiger charge is -2.28. The smallest absolute Gasteiger partial charge is 0.383 e. The summed E-state index contributed by atoms with van der Waals surface area (Å²) in [4.78, 5) is 8.11. The largest absolute Gasteiger partial charge is 0.413 e. The molecule has 2 aliphatic rings. The highest BCUT2D eigenvalue weighted by molar-refractivity contribution is 5.96. The number of rotatable bonds is 7. The first kappa shape index (κ1) is 28.4. The van der Waals surface area contributed by atoms with Gasteiger partial charge in [0.1, 0.15) is 5.52 Å². The van der Waals surface area contributed by atoms with E-state index in [1.807, 2.05) is 20.8 Å². The van der Waals surface area contributed by atoms with Gasteiger partial charge in [-0.1, -0.05) is 32.8 Å². The summed E-state index contributed by atoms with van der Waals surface area (Å²) >= 11 is 0. The van der Waals surface area contributed by atoms with Crippen molar-refractivity contribution in [1.29, 1.82) is 0 Å². The van der Waals surface area contributed by atoms with E-state index in [1.165, 1.54) is 24.5 Å². The molecular formula is C29H30F5N7. The Morgan fingerprint density at radius 2 is 1.90 bits per heavy atom. The molecule has 1 saturated carbocycles. The summed E-state index contributed by atoms with van der Waals surface area (Å²) in [5.41, 5.74) is 5.77. The van der Waals surface area contributed by atoms with Crippen LogP contribution in [0, 0.1) is 36.4 Å². The quantitative estimate of drug-likeness (QED) is 0.156. The summed E-state index contributed by atoms with van der Waals surface area (Å²) in [7, 11) is 0. The molecule has 1 aliphatic heterocycles. The lowest BCUT2D eigenvalue weighted by atomic mass is 9.96. The monoisotopic (exact) mass is 571 g/mol. The first-order valence-corrected chi connectivity index (χ1v) is 13.0. The molecule has 3 heterocycles. The maximum atomic E-state index is 15.4. The average molecular weight is 572 g/mol. The first-order chi connectivity index (χ1) is 19.2. The minimum atomic E-state index is -4.45. The van der Waals surface area contributed by atoms with E-state index >= 15 is 4.39 Å². The molecule has 5 rings (SSSR count). The van der Waals surface area contributed by atoms with Gasteiger partial charge in [0.25, 0.3) is 0 Å². The van der Waals surface area contributed by atoms with Crippen molar-refractivity contribution in [2.45, 2.75) is 58.3 Å². The number of aromatic nitrogens is 2. The third kappa shape index (κ3) is 5.46. The third-order valence-electron chi connectivity index (χ3n) is 7.20. The van der Waals surface area contributed by atoms with Crippen molar-refractivity contribution in [3.8, 4) is 12.3 Å². The van der Waals surface area contributed by atoms with E-state index in [4.69, 9.17) is 6.42 Å². The van der Waals surface area contributed by atoms with Crippen LogP contribution in [0.3, 0.4) is 0 Å². The van der Waals surface area contributed by atoms with Crippen molar-refractivity contribution >= 4 is 22.3 Å². The number of benzene rings is 1. The number of hydrazine groups is 2. The van der Waals surface area contributed by atoms with Crippen LogP contribution in [0.4, 0.5) is 33.3 Å². The molecule has 1 atom stereocenters. The molecule has 12 heteroatoms. The van der Waals surface area contributed by atoms with Crippen LogP contribution in [0.5, 0.6) is 0 Å². The molecule has 0 bridgehead atoms. The van der Waals surface area contributed by atoms with Gasteiger partial charge in [-0.3, -0.25) is 9.99 Å². The number of nitrogens with zero attached hydrogens (tertiary/aromatic N) is 3. The second-order valence-corrected chi connectivity index (χ2v) is 11.6. The fourth-order valence-corrected chi connectivity index (χ4v) is 4.82. The van der Waals surface area contributed by atoms with Crippen LogP contribution in [-0.2, 0) is 0 Å². The number of fused-ring (bicyclic) bond motifs is 1. The van der Waals surface area contributed by atoms with Gasteiger partial charge in [-0.25, -0.2) is 9.37 Å². The van der Waals surface area contributed by atoms with Gasteiger partial charge in [0.2, 0.25) is 5.95 Å². The Hall–Kier alpha value is -4.11. The first-order valence-electron chi connectivity index (χ1n) is 13.0. The zero-order chi connectivity index (χ0) is 29.7. The van der Waals surface area contributed by atoms with Crippen LogP contribution < -0.4 is 21.6 Å². The summed E-state index contributed by atoms with van der Waals surface area (Å²) in [5.74, 6) is 1.26. The molecule has 0 amide bonds. The molecule has 1 fully saturated rings. The average Bonchev–Trinajstić information content (AvgIpc) is 3.57. The van der Waals surface area contributed by atoms with E-state index in [0.29, 0.717) is 45.8 Å². The summed E-state index contributed by atoms with van der Waals surface area (Å²) in [6.07, 6.45) is 3.91. The highest BCUT2D eigenvalue weighted by Gasteiger charge is 2.67. The number of anilines is 2. The van der Waals surface area contributed by atoms with Crippen LogP contribution in [0.25, 0.3) is 10.9 Å². The van der Waals surface area contributed by atoms with E-state index < -0.39 is 29.5 Å². The zero-order valence-corrected chi connectivity index (χ0v) is 23.0. The van der Waals surface area contributed by atoms with Gasteiger partial charge in [-0.2, -0.15) is 17.6 Å². The van der Waals surface area contributed by atoms with Gasteiger partial charge in [-0.05, 0) is 43.4 Å². The van der Waals surface area contributed by atoms with Crippen molar-refractivity contribution in [2.75, 3.05) is 17.2 Å². The molecular weight excluding hydrogens is 541 g/mol. The Balaban J connectivity index is 1.58.